The summed E-state index contributed by atoms with van der Waals surface area (Å²) in [6.45, 7) is 3.13. The third-order valence-electron chi connectivity index (χ3n) is 2.68. The van der Waals surface area contributed by atoms with Gasteiger partial charge < -0.3 is 10.6 Å². The quantitative estimate of drug-likeness (QED) is 0.641. The number of hydrogen-bond acceptors (Lipinski definition) is 3. The van der Waals surface area contributed by atoms with Crippen LogP contribution in [0.15, 0.2) is 33.9 Å². The zero-order valence-electron chi connectivity index (χ0n) is 11.8. The lowest BCUT2D eigenvalue weighted by atomic mass is 10.2. The fourth-order valence-corrected chi connectivity index (χ4v) is 3.00. The van der Waals surface area contributed by atoms with E-state index in [1.165, 1.54) is 17.0 Å². The predicted molar refractivity (Wildman–Crippen MR) is 88.0 cm³/mol. The number of rotatable bonds is 4. The number of aliphatic imine (C=N–C) groups is 1. The van der Waals surface area contributed by atoms with E-state index in [4.69, 9.17) is 0 Å². The molecule has 0 radical (unpaired) electrons. The summed E-state index contributed by atoms with van der Waals surface area (Å²) in [4.78, 5) is 9.60. The molecule has 1 aromatic carbocycles. The Morgan fingerprint density at radius 1 is 1.33 bits per heavy atom. The van der Waals surface area contributed by atoms with Gasteiger partial charge in [0.15, 0.2) is 5.96 Å². The van der Waals surface area contributed by atoms with Gasteiger partial charge in [-0.05, 0) is 30.7 Å². The van der Waals surface area contributed by atoms with E-state index < -0.39 is 0 Å². The van der Waals surface area contributed by atoms with Gasteiger partial charge in [-0.1, -0.05) is 15.9 Å². The van der Waals surface area contributed by atoms with Gasteiger partial charge in [-0.3, -0.25) is 4.99 Å². The summed E-state index contributed by atoms with van der Waals surface area (Å²) in [5.41, 5.74) is 0.843. The van der Waals surface area contributed by atoms with Crippen molar-refractivity contribution in [2.75, 3.05) is 7.05 Å². The van der Waals surface area contributed by atoms with Crippen LogP contribution in [-0.2, 0) is 13.1 Å². The van der Waals surface area contributed by atoms with Crippen molar-refractivity contribution in [1.29, 1.82) is 0 Å². The highest BCUT2D eigenvalue weighted by molar-refractivity contribution is 9.10. The average molecular weight is 371 g/mol. The van der Waals surface area contributed by atoms with Crippen molar-refractivity contribution < 1.29 is 4.39 Å². The molecule has 0 fully saturated rings. The molecule has 1 heterocycles. The second-order valence-electron chi connectivity index (χ2n) is 4.42. The molecular formula is C14H16BrFN4S. The summed E-state index contributed by atoms with van der Waals surface area (Å²) in [6, 6.07) is 4.80. The van der Waals surface area contributed by atoms with Gasteiger partial charge in [0, 0.05) is 29.1 Å². The van der Waals surface area contributed by atoms with Crippen molar-refractivity contribution in [2.45, 2.75) is 20.0 Å². The Morgan fingerprint density at radius 3 is 2.71 bits per heavy atom. The molecule has 1 aromatic heterocycles. The standard InChI is InChI=1S/C14H16BrFN4S/c1-9-6-18-13(21-9)8-20-14(17-2)19-7-10-3-11(15)5-12(16)4-10/h3-6H,7-8H2,1-2H3,(H2,17,19,20). The molecule has 0 unspecified atom stereocenters. The van der Waals surface area contributed by atoms with E-state index in [2.05, 4.69) is 36.5 Å². The minimum absolute atomic E-state index is 0.262. The Hall–Kier alpha value is -1.47. The van der Waals surface area contributed by atoms with Crippen LogP contribution < -0.4 is 10.6 Å². The lowest BCUT2D eigenvalue weighted by Crippen LogP contribution is -2.36. The number of benzene rings is 1. The molecule has 0 aliphatic carbocycles. The number of nitrogens with zero attached hydrogens (tertiary/aromatic N) is 2. The second-order valence-corrected chi connectivity index (χ2v) is 6.66. The highest BCUT2D eigenvalue weighted by Crippen LogP contribution is 2.14. The van der Waals surface area contributed by atoms with Crippen molar-refractivity contribution in [2.24, 2.45) is 4.99 Å². The largest absolute Gasteiger partial charge is 0.352 e. The first-order valence-corrected chi connectivity index (χ1v) is 7.98. The van der Waals surface area contributed by atoms with Crippen molar-refractivity contribution >= 4 is 33.2 Å². The molecule has 2 aromatic rings. The number of guanidine groups is 1. The van der Waals surface area contributed by atoms with E-state index in [9.17, 15) is 4.39 Å². The van der Waals surface area contributed by atoms with E-state index in [1.807, 2.05) is 19.2 Å². The van der Waals surface area contributed by atoms with Crippen molar-refractivity contribution in [3.63, 3.8) is 0 Å². The van der Waals surface area contributed by atoms with Crippen LogP contribution in [0.25, 0.3) is 0 Å². The van der Waals surface area contributed by atoms with Crippen LogP contribution in [0.2, 0.25) is 0 Å². The Bertz CT molecular complexity index is 621. The van der Waals surface area contributed by atoms with Crippen LogP contribution in [0.1, 0.15) is 15.4 Å². The van der Waals surface area contributed by atoms with E-state index in [0.717, 1.165) is 15.0 Å². The lowest BCUT2D eigenvalue weighted by molar-refractivity contribution is 0.623. The smallest absolute Gasteiger partial charge is 0.191 e. The molecule has 4 nitrogen and oxygen atoms in total. The van der Waals surface area contributed by atoms with Gasteiger partial charge in [-0.2, -0.15) is 0 Å². The van der Waals surface area contributed by atoms with E-state index in [1.54, 1.807) is 18.4 Å². The molecule has 0 atom stereocenters. The molecule has 0 saturated heterocycles. The first-order valence-electron chi connectivity index (χ1n) is 6.37. The molecule has 112 valence electrons. The summed E-state index contributed by atoms with van der Waals surface area (Å²) >= 11 is 4.93. The van der Waals surface area contributed by atoms with Gasteiger partial charge in [-0.15, -0.1) is 11.3 Å². The fourth-order valence-electron chi connectivity index (χ4n) is 1.76. The monoisotopic (exact) mass is 370 g/mol. The van der Waals surface area contributed by atoms with Crippen LogP contribution in [-0.4, -0.2) is 18.0 Å². The minimum atomic E-state index is -0.262. The third-order valence-corrected chi connectivity index (χ3v) is 4.05. The first kappa shape index (κ1) is 15.9. The third kappa shape index (κ3) is 5.09. The summed E-state index contributed by atoms with van der Waals surface area (Å²) in [5, 5.41) is 7.33. The summed E-state index contributed by atoms with van der Waals surface area (Å²) < 4.78 is 14.0. The van der Waals surface area contributed by atoms with E-state index in [-0.39, 0.29) is 5.82 Å². The summed E-state index contributed by atoms with van der Waals surface area (Å²) in [5.74, 6) is 0.394. The maximum Gasteiger partial charge on any atom is 0.191 e. The Labute approximate surface area is 135 Å². The number of nitrogens with one attached hydrogen (secondary N) is 2. The van der Waals surface area contributed by atoms with Gasteiger partial charge in [0.1, 0.15) is 10.8 Å². The molecule has 2 N–H and O–H groups in total. The number of thiazole rings is 1. The van der Waals surface area contributed by atoms with Gasteiger partial charge in [0.05, 0.1) is 6.54 Å². The van der Waals surface area contributed by atoms with E-state index >= 15 is 0 Å². The minimum Gasteiger partial charge on any atom is -0.352 e. The van der Waals surface area contributed by atoms with Crippen LogP contribution in [0.3, 0.4) is 0 Å². The zero-order valence-corrected chi connectivity index (χ0v) is 14.2. The van der Waals surface area contributed by atoms with Crippen molar-refractivity contribution in [1.82, 2.24) is 15.6 Å². The molecule has 2 rings (SSSR count). The SMILES string of the molecule is CN=C(NCc1cc(F)cc(Br)c1)NCc1ncc(C)s1. The molecular weight excluding hydrogens is 355 g/mol. The van der Waals surface area contributed by atoms with Crippen LogP contribution in [0, 0.1) is 12.7 Å². The highest BCUT2D eigenvalue weighted by Gasteiger charge is 2.03. The number of halogens is 2. The number of aromatic nitrogens is 1. The first-order chi connectivity index (χ1) is 10.1. The molecule has 0 bridgehead atoms. The van der Waals surface area contributed by atoms with E-state index in [0.29, 0.717) is 19.0 Å². The maximum absolute atomic E-state index is 13.3. The Kier molecular flexibility index (Phi) is 5.69. The number of hydrogen-bond donors (Lipinski definition) is 2. The normalized spacial score (nSPS) is 11.5. The average Bonchev–Trinajstić information content (AvgIpc) is 2.83. The predicted octanol–water partition coefficient (Wildman–Crippen LogP) is 3.22. The molecule has 0 saturated carbocycles. The van der Waals surface area contributed by atoms with Gasteiger partial charge >= 0.3 is 0 Å². The van der Waals surface area contributed by atoms with Crippen LogP contribution in [0.4, 0.5) is 4.39 Å². The Balaban J connectivity index is 1.87. The van der Waals surface area contributed by atoms with Crippen LogP contribution in [0.5, 0.6) is 0 Å². The zero-order chi connectivity index (χ0) is 15.2. The summed E-state index contributed by atoms with van der Waals surface area (Å²) in [6.07, 6.45) is 1.85. The second kappa shape index (κ2) is 7.51. The topological polar surface area (TPSA) is 49.3 Å². The Morgan fingerprint density at radius 2 is 2.10 bits per heavy atom. The van der Waals surface area contributed by atoms with Gasteiger partial charge in [0.2, 0.25) is 0 Å². The maximum atomic E-state index is 13.3. The van der Waals surface area contributed by atoms with Crippen molar-refractivity contribution in [3.05, 3.63) is 50.1 Å². The molecule has 0 aliphatic heterocycles. The molecule has 0 aliphatic rings. The molecule has 21 heavy (non-hydrogen) atoms. The lowest BCUT2D eigenvalue weighted by Gasteiger charge is -2.11. The fraction of sp³-hybridized carbons (Fsp3) is 0.286. The molecule has 7 heteroatoms. The number of aryl methyl sites for hydroxylation is 1. The molecule has 0 amide bonds. The van der Waals surface area contributed by atoms with Gasteiger partial charge in [0.25, 0.3) is 0 Å². The van der Waals surface area contributed by atoms with Gasteiger partial charge in [-0.25, -0.2) is 9.37 Å². The van der Waals surface area contributed by atoms with Crippen molar-refractivity contribution in [3.8, 4) is 0 Å². The van der Waals surface area contributed by atoms with Crippen LogP contribution >= 0.6 is 27.3 Å². The summed E-state index contributed by atoms with van der Waals surface area (Å²) in [7, 11) is 1.70. The molecule has 0 spiro atoms. The highest BCUT2D eigenvalue weighted by atomic mass is 79.9.